The van der Waals surface area contributed by atoms with Gasteiger partial charge in [-0.1, -0.05) is 34.6 Å². The van der Waals surface area contributed by atoms with Crippen molar-refractivity contribution in [2.24, 2.45) is 17.3 Å². The lowest BCUT2D eigenvalue weighted by molar-refractivity contribution is -0.166. The van der Waals surface area contributed by atoms with Crippen molar-refractivity contribution in [3.8, 4) is 0 Å². The fraction of sp³-hybridized carbons (Fsp3) is 0.667. The molecule has 0 bridgehead atoms. The smallest absolute Gasteiger partial charge is 0.249 e. The van der Waals surface area contributed by atoms with Gasteiger partial charge in [-0.3, -0.25) is 19.6 Å². The average molecular weight is 399 g/mol. The Morgan fingerprint density at radius 2 is 1.93 bits per heavy atom. The van der Waals surface area contributed by atoms with E-state index in [-0.39, 0.29) is 24.1 Å². The number of hydroxylamine groups is 2. The van der Waals surface area contributed by atoms with Crippen LogP contribution in [0.1, 0.15) is 48.0 Å². The van der Waals surface area contributed by atoms with Gasteiger partial charge >= 0.3 is 0 Å². The van der Waals surface area contributed by atoms with E-state index < -0.39 is 23.4 Å². The lowest BCUT2D eigenvalue weighted by Gasteiger charge is -2.34. The summed E-state index contributed by atoms with van der Waals surface area (Å²) < 4.78 is 0. The van der Waals surface area contributed by atoms with Gasteiger partial charge in [0.1, 0.15) is 6.04 Å². The first-order chi connectivity index (χ1) is 12.5. The zero-order valence-corrected chi connectivity index (χ0v) is 17.5. The molecule has 3 atom stereocenters. The summed E-state index contributed by atoms with van der Waals surface area (Å²) in [4.78, 5) is 40.6. The van der Waals surface area contributed by atoms with Crippen LogP contribution in [0.15, 0.2) is 11.6 Å². The lowest BCUT2D eigenvalue weighted by atomic mass is 9.84. The van der Waals surface area contributed by atoms with E-state index in [1.807, 2.05) is 34.6 Å². The van der Waals surface area contributed by atoms with E-state index in [0.717, 1.165) is 0 Å². The molecule has 152 valence electrons. The topological polar surface area (TPSA) is 112 Å². The molecule has 0 fully saturated rings. The summed E-state index contributed by atoms with van der Waals surface area (Å²) in [5, 5.41) is 18.0. The zero-order valence-electron chi connectivity index (χ0n) is 16.7. The van der Waals surface area contributed by atoms with E-state index in [0.29, 0.717) is 16.6 Å². The highest BCUT2D eigenvalue weighted by atomic mass is 32.1. The van der Waals surface area contributed by atoms with Crippen LogP contribution in [0.25, 0.3) is 0 Å². The van der Waals surface area contributed by atoms with Crippen molar-refractivity contribution in [1.29, 1.82) is 0 Å². The quantitative estimate of drug-likeness (QED) is 0.336. The van der Waals surface area contributed by atoms with Crippen molar-refractivity contribution in [2.75, 3.05) is 5.32 Å². The molecule has 1 aromatic heterocycles. The van der Waals surface area contributed by atoms with Crippen LogP contribution in [-0.4, -0.2) is 45.6 Å². The highest BCUT2D eigenvalue weighted by Crippen LogP contribution is 2.24. The molecule has 1 aromatic rings. The maximum atomic E-state index is 12.9. The van der Waals surface area contributed by atoms with Crippen LogP contribution in [0.4, 0.5) is 5.13 Å². The van der Waals surface area contributed by atoms with Gasteiger partial charge in [-0.2, -0.15) is 0 Å². The molecule has 0 spiro atoms. The zero-order chi connectivity index (χ0) is 20.8. The van der Waals surface area contributed by atoms with E-state index in [4.69, 9.17) is 0 Å². The molecule has 0 aromatic carbocycles. The number of carbonyl (C=O) groups is 3. The first-order valence-corrected chi connectivity index (χ1v) is 9.78. The van der Waals surface area contributed by atoms with Crippen molar-refractivity contribution in [3.05, 3.63) is 11.6 Å². The van der Waals surface area contributed by atoms with Crippen molar-refractivity contribution in [3.63, 3.8) is 0 Å². The first-order valence-electron chi connectivity index (χ1n) is 8.90. The fourth-order valence-electron chi connectivity index (χ4n) is 2.70. The Bertz CT molecular complexity index is 628. The summed E-state index contributed by atoms with van der Waals surface area (Å²) >= 11 is 1.29. The van der Waals surface area contributed by atoms with E-state index in [2.05, 4.69) is 15.6 Å². The second-order valence-corrected chi connectivity index (χ2v) is 8.99. The minimum Gasteiger partial charge on any atom is -0.343 e. The number of nitrogens with zero attached hydrogens (tertiary/aromatic N) is 2. The molecule has 0 radical (unpaired) electrons. The SMILES string of the molecule is CC(C)C[C@H](C(=O)N[C@@H](C(=O)Nc1nccs1)C(C)(C)C)[C@H](C)N(O)C=O. The molecule has 1 rings (SSSR count). The summed E-state index contributed by atoms with van der Waals surface area (Å²) in [6.07, 6.45) is 2.32. The molecule has 0 aliphatic carbocycles. The first kappa shape index (κ1) is 23.0. The molecule has 3 N–H and O–H groups in total. The Balaban J connectivity index is 3.00. The largest absolute Gasteiger partial charge is 0.343 e. The van der Waals surface area contributed by atoms with E-state index in [9.17, 15) is 19.6 Å². The summed E-state index contributed by atoms with van der Waals surface area (Å²) in [6.45, 7) is 11.1. The lowest BCUT2D eigenvalue weighted by Crippen LogP contribution is -2.55. The van der Waals surface area contributed by atoms with E-state index >= 15 is 0 Å². The van der Waals surface area contributed by atoms with Gasteiger partial charge in [0, 0.05) is 11.6 Å². The van der Waals surface area contributed by atoms with Crippen molar-refractivity contribution < 1.29 is 19.6 Å². The average Bonchev–Trinajstić information content (AvgIpc) is 3.07. The molecule has 0 saturated heterocycles. The molecule has 9 heteroatoms. The maximum Gasteiger partial charge on any atom is 0.249 e. The number of hydrogen-bond donors (Lipinski definition) is 3. The summed E-state index contributed by atoms with van der Waals surface area (Å²) in [5.41, 5.74) is -0.549. The number of aromatic nitrogens is 1. The van der Waals surface area contributed by atoms with Gasteiger partial charge in [0.15, 0.2) is 5.13 Å². The van der Waals surface area contributed by atoms with Crippen LogP contribution in [0, 0.1) is 17.3 Å². The molecule has 1 heterocycles. The summed E-state index contributed by atoms with van der Waals surface area (Å²) in [6, 6.07) is -1.52. The van der Waals surface area contributed by atoms with Gasteiger partial charge in [0.2, 0.25) is 18.2 Å². The number of rotatable bonds is 9. The van der Waals surface area contributed by atoms with Crippen molar-refractivity contribution in [1.82, 2.24) is 15.4 Å². The molecule has 0 aliphatic heterocycles. The van der Waals surface area contributed by atoms with Gasteiger partial charge in [-0.15, -0.1) is 11.3 Å². The van der Waals surface area contributed by atoms with E-state index in [1.165, 1.54) is 11.3 Å². The molecule has 0 aliphatic rings. The van der Waals surface area contributed by atoms with Crippen LogP contribution in [-0.2, 0) is 14.4 Å². The van der Waals surface area contributed by atoms with Crippen LogP contribution >= 0.6 is 11.3 Å². The van der Waals surface area contributed by atoms with Crippen molar-refractivity contribution in [2.45, 2.75) is 60.0 Å². The molecule has 3 amide bonds. The third kappa shape index (κ3) is 6.91. The van der Waals surface area contributed by atoms with Gasteiger partial charge in [0.25, 0.3) is 0 Å². The Morgan fingerprint density at radius 1 is 1.30 bits per heavy atom. The van der Waals surface area contributed by atoms with Gasteiger partial charge in [-0.05, 0) is 24.7 Å². The number of carbonyl (C=O) groups excluding carboxylic acids is 3. The normalized spacial score (nSPS) is 15.0. The minimum absolute atomic E-state index is 0.167. The molecular weight excluding hydrogens is 368 g/mol. The van der Waals surface area contributed by atoms with E-state index in [1.54, 1.807) is 18.5 Å². The Morgan fingerprint density at radius 3 is 2.37 bits per heavy atom. The monoisotopic (exact) mass is 398 g/mol. The minimum atomic E-state index is -0.806. The predicted octanol–water partition coefficient (Wildman–Crippen LogP) is 2.51. The standard InChI is InChI=1S/C18H30N4O4S/c1-11(2)9-13(12(3)22(26)10-23)15(24)20-14(18(4,5)6)16(25)21-17-19-7-8-27-17/h7-8,10-14,26H,9H2,1-6H3,(H,20,24)(H,19,21,25)/t12-,13-,14-/m0/s1. The third-order valence-electron chi connectivity index (χ3n) is 4.25. The molecule has 8 nitrogen and oxygen atoms in total. The van der Waals surface area contributed by atoms with Crippen LogP contribution in [0.5, 0.6) is 0 Å². The second-order valence-electron chi connectivity index (χ2n) is 8.10. The fourth-order valence-corrected chi connectivity index (χ4v) is 3.23. The number of anilines is 1. The van der Waals surface area contributed by atoms with Crippen LogP contribution in [0.2, 0.25) is 0 Å². The van der Waals surface area contributed by atoms with Crippen LogP contribution < -0.4 is 10.6 Å². The molecule has 0 unspecified atom stereocenters. The highest BCUT2D eigenvalue weighted by molar-refractivity contribution is 7.13. The number of hydrogen-bond acceptors (Lipinski definition) is 6. The van der Waals surface area contributed by atoms with Crippen molar-refractivity contribution >= 4 is 34.7 Å². The van der Waals surface area contributed by atoms with Gasteiger partial charge in [-0.25, -0.2) is 10.0 Å². The summed E-state index contributed by atoms with van der Waals surface area (Å²) in [5.74, 6) is -1.23. The molecule has 27 heavy (non-hydrogen) atoms. The highest BCUT2D eigenvalue weighted by Gasteiger charge is 2.37. The van der Waals surface area contributed by atoms with Gasteiger partial charge in [0.05, 0.1) is 12.0 Å². The third-order valence-corrected chi connectivity index (χ3v) is 4.94. The molecular formula is C18H30N4O4S. The van der Waals surface area contributed by atoms with Crippen LogP contribution in [0.3, 0.4) is 0 Å². The van der Waals surface area contributed by atoms with Gasteiger partial charge < -0.3 is 10.6 Å². The number of amides is 3. The number of thiazole rings is 1. The summed E-state index contributed by atoms with van der Waals surface area (Å²) in [7, 11) is 0. The Labute approximate surface area is 164 Å². The second kappa shape index (κ2) is 9.80. The molecule has 0 saturated carbocycles. The predicted molar refractivity (Wildman–Crippen MR) is 104 cm³/mol. The Kier molecular flexibility index (Phi) is 8.36. The Hall–Kier alpha value is -2.00. The maximum absolute atomic E-state index is 12.9. The number of nitrogens with one attached hydrogen (secondary N) is 2.